The summed E-state index contributed by atoms with van der Waals surface area (Å²) in [5.74, 6) is 0.763. The molecule has 1 saturated carbocycles. The third-order valence-electron chi connectivity index (χ3n) is 3.91. The summed E-state index contributed by atoms with van der Waals surface area (Å²) in [6.07, 6.45) is 7.78. The molecule has 1 aliphatic carbocycles. The van der Waals surface area contributed by atoms with E-state index in [-0.39, 0.29) is 0 Å². The molecular weight excluding hydrogens is 198 g/mol. The third-order valence-corrected chi connectivity index (χ3v) is 3.91. The van der Waals surface area contributed by atoms with Crippen LogP contribution in [0.15, 0.2) is 0 Å². The van der Waals surface area contributed by atoms with Gasteiger partial charge in [-0.05, 0) is 32.4 Å². The van der Waals surface area contributed by atoms with Crippen molar-refractivity contribution in [3.05, 3.63) is 0 Å². The number of hydrogen-bond acceptors (Lipinski definition) is 2. The molecule has 96 valence electrons. The highest BCUT2D eigenvalue weighted by molar-refractivity contribution is 4.81. The number of nitrogens with zero attached hydrogens (tertiary/aromatic N) is 1. The number of likely N-dealkylation sites (N-methyl/N-ethyl adjacent to an activating group) is 1. The van der Waals surface area contributed by atoms with Crippen LogP contribution in [0.2, 0.25) is 0 Å². The van der Waals surface area contributed by atoms with Crippen molar-refractivity contribution < 1.29 is 5.11 Å². The lowest BCUT2D eigenvalue weighted by Crippen LogP contribution is -2.42. The van der Waals surface area contributed by atoms with Gasteiger partial charge in [0.05, 0.1) is 5.60 Å². The van der Waals surface area contributed by atoms with Crippen LogP contribution in [-0.2, 0) is 0 Å². The Labute approximate surface area is 101 Å². The first kappa shape index (κ1) is 14.0. The van der Waals surface area contributed by atoms with Gasteiger partial charge in [-0.25, -0.2) is 0 Å². The summed E-state index contributed by atoms with van der Waals surface area (Å²) in [5, 5.41) is 10.5. The average Bonchev–Trinajstić information content (AvgIpc) is 2.26. The number of rotatable bonds is 6. The maximum atomic E-state index is 10.5. The summed E-state index contributed by atoms with van der Waals surface area (Å²) in [7, 11) is 0. The predicted molar refractivity (Wildman–Crippen MR) is 69.6 cm³/mol. The molecule has 1 N–H and O–H groups in total. The van der Waals surface area contributed by atoms with Gasteiger partial charge in [-0.2, -0.15) is 0 Å². The summed E-state index contributed by atoms with van der Waals surface area (Å²) >= 11 is 0. The molecule has 0 bridgehead atoms. The molecule has 1 rings (SSSR count). The molecule has 0 heterocycles. The second-order valence-electron chi connectivity index (χ2n) is 5.67. The van der Waals surface area contributed by atoms with Crippen molar-refractivity contribution in [3.8, 4) is 0 Å². The maximum Gasteiger partial charge on any atom is 0.0748 e. The molecule has 1 fully saturated rings. The minimum Gasteiger partial charge on any atom is -0.389 e. The van der Waals surface area contributed by atoms with Crippen LogP contribution in [0.25, 0.3) is 0 Å². The lowest BCUT2D eigenvalue weighted by molar-refractivity contribution is -0.00292. The van der Waals surface area contributed by atoms with Crippen molar-refractivity contribution in [2.24, 2.45) is 5.92 Å². The normalized spacial score (nSPS) is 22.3. The van der Waals surface area contributed by atoms with E-state index in [0.717, 1.165) is 32.0 Å². The van der Waals surface area contributed by atoms with Gasteiger partial charge in [0.15, 0.2) is 0 Å². The van der Waals surface area contributed by atoms with E-state index in [0.29, 0.717) is 0 Å². The molecule has 0 aromatic heterocycles. The highest BCUT2D eigenvalue weighted by Gasteiger charge is 2.27. The van der Waals surface area contributed by atoms with Crippen LogP contribution < -0.4 is 0 Å². The van der Waals surface area contributed by atoms with Gasteiger partial charge in [0.25, 0.3) is 0 Å². The van der Waals surface area contributed by atoms with Gasteiger partial charge in [-0.3, -0.25) is 0 Å². The van der Waals surface area contributed by atoms with Crippen LogP contribution in [0.4, 0.5) is 0 Å². The van der Waals surface area contributed by atoms with Crippen molar-refractivity contribution in [1.29, 1.82) is 0 Å². The Morgan fingerprint density at radius 2 is 1.69 bits per heavy atom. The van der Waals surface area contributed by atoms with Crippen LogP contribution >= 0.6 is 0 Å². The molecule has 0 saturated heterocycles. The zero-order chi connectivity index (χ0) is 12.0. The third kappa shape index (κ3) is 4.84. The van der Waals surface area contributed by atoms with E-state index in [1.807, 2.05) is 6.92 Å². The Morgan fingerprint density at radius 1 is 1.12 bits per heavy atom. The van der Waals surface area contributed by atoms with E-state index in [9.17, 15) is 5.11 Å². The van der Waals surface area contributed by atoms with E-state index in [1.165, 1.54) is 32.1 Å². The summed E-state index contributed by atoms with van der Waals surface area (Å²) in [5.41, 5.74) is -0.492. The summed E-state index contributed by atoms with van der Waals surface area (Å²) in [6, 6.07) is 0. The van der Waals surface area contributed by atoms with Gasteiger partial charge in [-0.15, -0.1) is 0 Å². The van der Waals surface area contributed by atoms with Crippen LogP contribution in [-0.4, -0.2) is 35.2 Å². The molecule has 0 aliphatic heterocycles. The van der Waals surface area contributed by atoms with Gasteiger partial charge >= 0.3 is 0 Å². The first-order valence-corrected chi connectivity index (χ1v) is 7.02. The molecule has 2 heteroatoms. The molecule has 0 amide bonds. The average molecular weight is 227 g/mol. The monoisotopic (exact) mass is 227 g/mol. The number of hydrogen-bond donors (Lipinski definition) is 1. The molecule has 1 unspecified atom stereocenters. The van der Waals surface area contributed by atoms with Crippen molar-refractivity contribution in [2.75, 3.05) is 19.6 Å². The lowest BCUT2D eigenvalue weighted by Gasteiger charge is -2.34. The molecule has 0 radical (unpaired) electrons. The first-order chi connectivity index (χ1) is 7.57. The molecule has 0 aromatic carbocycles. The quantitative estimate of drug-likeness (QED) is 0.754. The highest BCUT2D eigenvalue weighted by atomic mass is 16.3. The van der Waals surface area contributed by atoms with Crippen molar-refractivity contribution in [3.63, 3.8) is 0 Å². The molecule has 16 heavy (non-hydrogen) atoms. The Bertz CT molecular complexity index is 181. The minimum absolute atomic E-state index is 0.492. The van der Waals surface area contributed by atoms with Gasteiger partial charge in [-0.1, -0.05) is 46.0 Å². The number of aliphatic hydroxyl groups is 1. The predicted octanol–water partition coefficient (Wildman–Crippen LogP) is 3.05. The highest BCUT2D eigenvalue weighted by Crippen LogP contribution is 2.30. The molecule has 0 spiro atoms. The van der Waals surface area contributed by atoms with Gasteiger partial charge in [0.1, 0.15) is 0 Å². The van der Waals surface area contributed by atoms with Crippen molar-refractivity contribution in [1.82, 2.24) is 4.90 Å². The largest absolute Gasteiger partial charge is 0.389 e. The fourth-order valence-corrected chi connectivity index (χ4v) is 3.01. The summed E-state index contributed by atoms with van der Waals surface area (Å²) in [6.45, 7) is 9.26. The van der Waals surface area contributed by atoms with Gasteiger partial charge < -0.3 is 10.0 Å². The Hall–Kier alpha value is -0.0800. The van der Waals surface area contributed by atoms with E-state index in [1.54, 1.807) is 0 Å². The Balaban J connectivity index is 2.36. The van der Waals surface area contributed by atoms with Crippen LogP contribution in [0.3, 0.4) is 0 Å². The molecule has 0 aromatic rings. The maximum absolute atomic E-state index is 10.5. The molecule has 1 atom stereocenters. The minimum atomic E-state index is -0.492. The Morgan fingerprint density at radius 3 is 2.19 bits per heavy atom. The summed E-state index contributed by atoms with van der Waals surface area (Å²) < 4.78 is 0. The van der Waals surface area contributed by atoms with Crippen molar-refractivity contribution >= 4 is 0 Å². The van der Waals surface area contributed by atoms with Gasteiger partial charge in [0, 0.05) is 6.54 Å². The second kappa shape index (κ2) is 6.61. The van der Waals surface area contributed by atoms with E-state index >= 15 is 0 Å². The fourth-order valence-electron chi connectivity index (χ4n) is 3.01. The fraction of sp³-hybridized carbons (Fsp3) is 1.00. The van der Waals surface area contributed by atoms with Crippen LogP contribution in [0, 0.1) is 5.92 Å². The van der Waals surface area contributed by atoms with Crippen molar-refractivity contribution in [2.45, 2.75) is 64.9 Å². The molecule has 2 nitrogen and oxygen atoms in total. The van der Waals surface area contributed by atoms with Gasteiger partial charge in [0.2, 0.25) is 0 Å². The van der Waals surface area contributed by atoms with Crippen LogP contribution in [0.1, 0.15) is 59.3 Å². The zero-order valence-electron chi connectivity index (χ0n) is 11.3. The standard InChI is InChI=1S/C14H29NO/c1-4-15(5-2)12-14(3,16)11-13-9-7-6-8-10-13/h13,16H,4-12H2,1-3H3. The summed E-state index contributed by atoms with van der Waals surface area (Å²) in [4.78, 5) is 2.32. The topological polar surface area (TPSA) is 23.5 Å². The smallest absolute Gasteiger partial charge is 0.0748 e. The first-order valence-electron chi connectivity index (χ1n) is 7.02. The molecular formula is C14H29NO. The van der Waals surface area contributed by atoms with Crippen LogP contribution in [0.5, 0.6) is 0 Å². The van der Waals surface area contributed by atoms with E-state index in [2.05, 4.69) is 18.7 Å². The molecule has 1 aliphatic rings. The zero-order valence-corrected chi connectivity index (χ0v) is 11.3. The SMILES string of the molecule is CCN(CC)CC(C)(O)CC1CCCCC1. The van der Waals surface area contributed by atoms with E-state index in [4.69, 9.17) is 0 Å². The second-order valence-corrected chi connectivity index (χ2v) is 5.67. The Kier molecular flexibility index (Phi) is 5.77. The lowest BCUT2D eigenvalue weighted by atomic mass is 9.81. The van der Waals surface area contributed by atoms with E-state index < -0.39 is 5.60 Å².